The van der Waals surface area contributed by atoms with Crippen molar-refractivity contribution in [2.45, 2.75) is 39.2 Å². The molecule has 3 nitrogen and oxygen atoms in total. The van der Waals surface area contributed by atoms with Crippen LogP contribution in [0.1, 0.15) is 47.2 Å². The van der Waals surface area contributed by atoms with Gasteiger partial charge in [-0.05, 0) is 55.6 Å². The molecule has 0 radical (unpaired) electrons. The lowest BCUT2D eigenvalue weighted by atomic mass is 9.82. The predicted molar refractivity (Wildman–Crippen MR) is 78.4 cm³/mol. The van der Waals surface area contributed by atoms with E-state index in [4.69, 9.17) is 0 Å². The highest BCUT2D eigenvalue weighted by molar-refractivity contribution is 5.98. The van der Waals surface area contributed by atoms with Gasteiger partial charge in [-0.3, -0.25) is 4.79 Å². The second kappa shape index (κ2) is 5.76. The Morgan fingerprint density at radius 1 is 1.24 bits per heavy atom. The van der Waals surface area contributed by atoms with E-state index in [9.17, 15) is 14.3 Å². The number of nitrogens with zero attached hydrogens (tertiary/aromatic N) is 1. The minimum absolute atomic E-state index is 0.157. The number of carbonyl (C=O) groups excluding carboxylic acids is 1. The lowest BCUT2D eigenvalue weighted by molar-refractivity contribution is 0.0714. The van der Waals surface area contributed by atoms with Crippen LogP contribution >= 0.6 is 0 Å². The lowest BCUT2D eigenvalue weighted by Gasteiger charge is -2.30. The highest BCUT2D eigenvalue weighted by Gasteiger charge is 2.33. The fourth-order valence-electron chi connectivity index (χ4n) is 3.57. The van der Waals surface area contributed by atoms with Crippen molar-refractivity contribution in [2.24, 2.45) is 11.8 Å². The van der Waals surface area contributed by atoms with Gasteiger partial charge in [0.15, 0.2) is 0 Å². The summed E-state index contributed by atoms with van der Waals surface area (Å²) in [6.45, 7) is 3.21. The van der Waals surface area contributed by atoms with Gasteiger partial charge in [-0.15, -0.1) is 0 Å². The molecule has 114 valence electrons. The minimum Gasteiger partial charge on any atom is -0.396 e. The molecule has 1 aliphatic heterocycles. The maximum atomic E-state index is 14.1. The Kier molecular flexibility index (Phi) is 3.98. The van der Waals surface area contributed by atoms with Crippen molar-refractivity contribution in [2.75, 3.05) is 13.2 Å². The molecule has 0 atom stereocenters. The van der Waals surface area contributed by atoms with Crippen LogP contribution < -0.4 is 0 Å². The van der Waals surface area contributed by atoms with Crippen LogP contribution in [0.5, 0.6) is 0 Å². The van der Waals surface area contributed by atoms with Gasteiger partial charge in [-0.25, -0.2) is 4.39 Å². The zero-order chi connectivity index (χ0) is 15.0. The topological polar surface area (TPSA) is 40.5 Å². The normalized spacial score (nSPS) is 25.3. The molecule has 1 saturated carbocycles. The Balaban J connectivity index is 1.67. The third-order valence-electron chi connectivity index (χ3n) is 4.99. The van der Waals surface area contributed by atoms with Crippen molar-refractivity contribution in [3.63, 3.8) is 0 Å². The molecular weight excluding hydrogens is 269 g/mol. The van der Waals surface area contributed by atoms with Gasteiger partial charge < -0.3 is 10.0 Å². The molecule has 1 heterocycles. The van der Waals surface area contributed by atoms with Crippen molar-refractivity contribution in [3.05, 3.63) is 34.6 Å². The minimum atomic E-state index is -0.357. The molecule has 2 aliphatic rings. The highest BCUT2D eigenvalue weighted by atomic mass is 19.1. The predicted octanol–water partition coefficient (Wildman–Crippen LogP) is 2.89. The molecule has 0 aromatic heterocycles. The van der Waals surface area contributed by atoms with Crippen LogP contribution in [0.25, 0.3) is 0 Å². The standard InChI is InChI=1S/C17H22FNO2/c1-11-2-7-14-9-19(17(21)15(14)16(11)18)8-12-3-5-13(10-20)6-4-12/h2,7,12-13,20H,3-6,8-10H2,1H3/t12-,13-. The van der Waals surface area contributed by atoms with Crippen LogP contribution in [0.3, 0.4) is 0 Å². The maximum absolute atomic E-state index is 14.1. The second-order valence-electron chi connectivity index (χ2n) is 6.49. The number of hydrogen-bond donors (Lipinski definition) is 1. The summed E-state index contributed by atoms with van der Waals surface area (Å²) in [5.41, 5.74) is 1.62. The molecule has 3 rings (SSSR count). The van der Waals surface area contributed by atoms with Crippen LogP contribution in [-0.2, 0) is 6.54 Å². The number of benzene rings is 1. The Morgan fingerprint density at radius 2 is 1.90 bits per heavy atom. The number of hydrogen-bond acceptors (Lipinski definition) is 2. The quantitative estimate of drug-likeness (QED) is 0.930. The van der Waals surface area contributed by atoms with Gasteiger partial charge in [-0.2, -0.15) is 0 Å². The molecule has 1 amide bonds. The highest BCUT2D eigenvalue weighted by Crippen LogP contribution is 2.32. The summed E-state index contributed by atoms with van der Waals surface area (Å²) < 4.78 is 14.1. The van der Waals surface area contributed by atoms with Gasteiger partial charge in [0.05, 0.1) is 5.56 Å². The van der Waals surface area contributed by atoms with Crippen molar-refractivity contribution < 1.29 is 14.3 Å². The van der Waals surface area contributed by atoms with E-state index in [1.165, 1.54) is 0 Å². The molecule has 1 aromatic carbocycles. The van der Waals surface area contributed by atoms with Gasteiger partial charge in [0.2, 0.25) is 0 Å². The first kappa shape index (κ1) is 14.5. The number of aryl methyl sites for hydroxylation is 1. The largest absolute Gasteiger partial charge is 0.396 e. The Labute approximate surface area is 124 Å². The van der Waals surface area contributed by atoms with Gasteiger partial charge in [-0.1, -0.05) is 12.1 Å². The number of aliphatic hydroxyl groups is 1. The maximum Gasteiger partial charge on any atom is 0.257 e. The SMILES string of the molecule is Cc1ccc2c(c1F)C(=O)N(C[C@H]1CC[C@H](CO)CC1)C2. The molecule has 1 fully saturated rings. The average Bonchev–Trinajstić information content (AvgIpc) is 2.81. The molecule has 0 saturated heterocycles. The van der Waals surface area contributed by atoms with Gasteiger partial charge in [0.1, 0.15) is 5.82 Å². The van der Waals surface area contributed by atoms with E-state index in [0.29, 0.717) is 30.5 Å². The van der Waals surface area contributed by atoms with E-state index in [1.807, 2.05) is 6.07 Å². The molecule has 1 N–H and O–H groups in total. The fraction of sp³-hybridized carbons (Fsp3) is 0.588. The summed E-state index contributed by atoms with van der Waals surface area (Å²) in [7, 11) is 0. The number of rotatable bonds is 3. The third-order valence-corrected chi connectivity index (χ3v) is 4.99. The first-order valence-electron chi connectivity index (χ1n) is 7.78. The van der Waals surface area contributed by atoms with Crippen molar-refractivity contribution >= 4 is 5.91 Å². The Morgan fingerprint density at radius 3 is 2.57 bits per heavy atom. The van der Waals surface area contributed by atoms with Crippen LogP contribution in [-0.4, -0.2) is 29.1 Å². The molecule has 1 aliphatic carbocycles. The van der Waals surface area contributed by atoms with E-state index in [-0.39, 0.29) is 23.9 Å². The van der Waals surface area contributed by atoms with Crippen LogP contribution in [0.4, 0.5) is 4.39 Å². The average molecular weight is 291 g/mol. The van der Waals surface area contributed by atoms with E-state index in [2.05, 4.69) is 0 Å². The van der Waals surface area contributed by atoms with Crippen LogP contribution in [0.15, 0.2) is 12.1 Å². The Hall–Kier alpha value is -1.42. The number of halogens is 1. The molecule has 0 unspecified atom stereocenters. The van der Waals surface area contributed by atoms with E-state index in [0.717, 1.165) is 31.2 Å². The molecular formula is C17H22FNO2. The second-order valence-corrected chi connectivity index (χ2v) is 6.49. The smallest absolute Gasteiger partial charge is 0.257 e. The zero-order valence-corrected chi connectivity index (χ0v) is 12.4. The first-order chi connectivity index (χ1) is 10.1. The summed E-state index contributed by atoms with van der Waals surface area (Å²) in [6, 6.07) is 3.62. The number of amides is 1. The van der Waals surface area contributed by atoms with Gasteiger partial charge in [0, 0.05) is 19.7 Å². The van der Waals surface area contributed by atoms with Crippen LogP contribution in [0, 0.1) is 24.6 Å². The first-order valence-corrected chi connectivity index (χ1v) is 7.78. The van der Waals surface area contributed by atoms with E-state index < -0.39 is 0 Å². The molecule has 4 heteroatoms. The van der Waals surface area contributed by atoms with Crippen LogP contribution in [0.2, 0.25) is 0 Å². The third kappa shape index (κ3) is 2.69. The molecule has 0 spiro atoms. The van der Waals surface area contributed by atoms with Crippen molar-refractivity contribution in [1.29, 1.82) is 0 Å². The summed E-state index contributed by atoms with van der Waals surface area (Å²) in [5.74, 6) is 0.391. The number of aliphatic hydroxyl groups excluding tert-OH is 1. The molecule has 0 bridgehead atoms. The summed E-state index contributed by atoms with van der Waals surface area (Å²) in [4.78, 5) is 14.2. The molecule has 21 heavy (non-hydrogen) atoms. The van der Waals surface area contributed by atoms with Crippen molar-refractivity contribution in [1.82, 2.24) is 4.90 Å². The van der Waals surface area contributed by atoms with E-state index >= 15 is 0 Å². The number of carbonyl (C=O) groups is 1. The summed E-state index contributed by atoms with van der Waals surface area (Å²) >= 11 is 0. The van der Waals surface area contributed by atoms with Gasteiger partial charge in [0.25, 0.3) is 5.91 Å². The van der Waals surface area contributed by atoms with Crippen molar-refractivity contribution in [3.8, 4) is 0 Å². The Bertz CT molecular complexity index is 550. The monoisotopic (exact) mass is 291 g/mol. The molecule has 1 aromatic rings. The fourth-order valence-corrected chi connectivity index (χ4v) is 3.57. The van der Waals surface area contributed by atoms with Gasteiger partial charge >= 0.3 is 0 Å². The summed E-state index contributed by atoms with van der Waals surface area (Å²) in [6.07, 6.45) is 4.16. The van der Waals surface area contributed by atoms with E-state index in [1.54, 1.807) is 17.9 Å². The number of fused-ring (bicyclic) bond motifs is 1. The zero-order valence-electron chi connectivity index (χ0n) is 12.4. The summed E-state index contributed by atoms with van der Waals surface area (Å²) in [5, 5.41) is 9.17. The lowest BCUT2D eigenvalue weighted by Crippen LogP contribution is -2.32.